The van der Waals surface area contributed by atoms with Crippen LogP contribution < -0.4 is 15.7 Å². The summed E-state index contributed by atoms with van der Waals surface area (Å²) >= 11 is 6.10. The van der Waals surface area contributed by atoms with Crippen LogP contribution in [0.15, 0.2) is 47.3 Å². The van der Waals surface area contributed by atoms with Crippen molar-refractivity contribution in [3.05, 3.63) is 63.8 Å². The molecule has 0 unspecified atom stereocenters. The molecule has 0 bridgehead atoms. The van der Waals surface area contributed by atoms with Crippen molar-refractivity contribution in [1.82, 2.24) is 19.2 Å². The van der Waals surface area contributed by atoms with Crippen LogP contribution in [0.2, 0.25) is 5.02 Å². The zero-order valence-electron chi connectivity index (χ0n) is 16.7. The zero-order chi connectivity index (χ0) is 21.4. The highest BCUT2D eigenvalue weighted by Gasteiger charge is 2.19. The minimum atomic E-state index is -0.408. The Hall–Kier alpha value is -3.39. The first-order valence-electron chi connectivity index (χ1n) is 9.40. The number of para-hydroxylation sites is 1. The Morgan fingerprint density at radius 1 is 1.23 bits per heavy atom. The second-order valence-electron chi connectivity index (χ2n) is 7.14. The van der Waals surface area contributed by atoms with E-state index >= 15 is 0 Å². The summed E-state index contributed by atoms with van der Waals surface area (Å²) in [7, 11) is 1.51. The summed E-state index contributed by atoms with van der Waals surface area (Å²) in [5.41, 5.74) is 1.32. The number of anilines is 1. The molecule has 30 heavy (non-hydrogen) atoms. The normalized spacial score (nSPS) is 11.4. The van der Waals surface area contributed by atoms with Gasteiger partial charge in [-0.2, -0.15) is 0 Å². The van der Waals surface area contributed by atoms with Crippen molar-refractivity contribution < 1.29 is 9.53 Å². The molecular formula is C21H20ClN5O3. The minimum Gasteiger partial charge on any atom is -0.495 e. The molecule has 0 aliphatic rings. The predicted molar refractivity (Wildman–Crippen MR) is 115 cm³/mol. The molecule has 0 atom stereocenters. The first-order valence-corrected chi connectivity index (χ1v) is 9.78. The lowest BCUT2D eigenvalue weighted by Gasteiger charge is -2.08. The Morgan fingerprint density at radius 2 is 2.00 bits per heavy atom. The fraction of sp³-hybridized carbons (Fsp3) is 0.238. The monoisotopic (exact) mass is 425 g/mol. The summed E-state index contributed by atoms with van der Waals surface area (Å²) in [5, 5.41) is 8.28. The smallest absolute Gasteiger partial charge is 0.352 e. The molecule has 0 radical (unpaired) electrons. The van der Waals surface area contributed by atoms with Crippen LogP contribution in [0.3, 0.4) is 0 Å². The van der Waals surface area contributed by atoms with Crippen molar-refractivity contribution in [2.75, 3.05) is 12.4 Å². The number of rotatable bonds is 5. The molecule has 0 saturated carbocycles. The van der Waals surface area contributed by atoms with Crippen LogP contribution in [-0.2, 0) is 11.3 Å². The average Bonchev–Trinajstić information content (AvgIpc) is 3.04. The molecule has 0 spiro atoms. The highest BCUT2D eigenvalue weighted by Crippen LogP contribution is 2.27. The third-order valence-electron chi connectivity index (χ3n) is 4.69. The molecule has 4 rings (SSSR count). The van der Waals surface area contributed by atoms with Crippen LogP contribution in [0.5, 0.6) is 5.75 Å². The van der Waals surface area contributed by atoms with Crippen molar-refractivity contribution >= 4 is 39.7 Å². The number of halogens is 1. The number of benzene rings is 2. The van der Waals surface area contributed by atoms with Crippen molar-refractivity contribution in [2.45, 2.75) is 26.3 Å². The fourth-order valence-electron chi connectivity index (χ4n) is 3.29. The second-order valence-corrected chi connectivity index (χ2v) is 7.55. The zero-order valence-corrected chi connectivity index (χ0v) is 17.5. The van der Waals surface area contributed by atoms with Crippen molar-refractivity contribution in [1.29, 1.82) is 0 Å². The summed E-state index contributed by atoms with van der Waals surface area (Å²) in [6.07, 6.45) is 0. The van der Waals surface area contributed by atoms with E-state index in [9.17, 15) is 9.59 Å². The molecule has 154 valence electrons. The number of carbonyl (C=O) groups is 1. The summed E-state index contributed by atoms with van der Waals surface area (Å²) in [6.45, 7) is 3.68. The van der Waals surface area contributed by atoms with Crippen molar-refractivity contribution in [2.24, 2.45) is 0 Å². The van der Waals surface area contributed by atoms with E-state index in [0.717, 1.165) is 15.6 Å². The number of methoxy groups -OCH3 is 1. The number of ether oxygens (including phenoxy) is 1. The molecule has 1 N–H and O–H groups in total. The van der Waals surface area contributed by atoms with Crippen LogP contribution in [0.1, 0.15) is 25.6 Å². The molecule has 2 heterocycles. The number of nitrogens with one attached hydrogen (secondary N) is 1. The van der Waals surface area contributed by atoms with Crippen molar-refractivity contribution in [3.8, 4) is 5.75 Å². The molecule has 0 aliphatic heterocycles. The van der Waals surface area contributed by atoms with Crippen LogP contribution in [0.25, 0.3) is 16.6 Å². The van der Waals surface area contributed by atoms with Gasteiger partial charge in [0.25, 0.3) is 0 Å². The van der Waals surface area contributed by atoms with Gasteiger partial charge in [-0.1, -0.05) is 37.6 Å². The quantitative estimate of drug-likeness (QED) is 0.528. The van der Waals surface area contributed by atoms with Gasteiger partial charge in [0.05, 0.1) is 17.6 Å². The van der Waals surface area contributed by atoms with E-state index in [1.165, 1.54) is 11.5 Å². The van der Waals surface area contributed by atoms with E-state index < -0.39 is 11.6 Å². The average molecular weight is 426 g/mol. The lowest BCUT2D eigenvalue weighted by molar-refractivity contribution is -0.117. The maximum absolute atomic E-state index is 13.0. The number of hydrogen-bond donors (Lipinski definition) is 1. The minimum absolute atomic E-state index is 0.00252. The highest BCUT2D eigenvalue weighted by atomic mass is 35.5. The maximum atomic E-state index is 13.0. The lowest BCUT2D eigenvalue weighted by atomic mass is 10.2. The Kier molecular flexibility index (Phi) is 5.17. The van der Waals surface area contributed by atoms with Crippen LogP contribution >= 0.6 is 11.6 Å². The number of carbonyl (C=O) groups excluding carboxylic acids is 1. The molecule has 2 aromatic heterocycles. The molecule has 8 nitrogen and oxygen atoms in total. The Labute approximate surface area is 177 Å². The first kappa shape index (κ1) is 19.9. The molecule has 1 amide bonds. The molecule has 0 aliphatic carbocycles. The maximum Gasteiger partial charge on any atom is 0.352 e. The summed E-state index contributed by atoms with van der Waals surface area (Å²) < 4.78 is 7.73. The SMILES string of the molecule is COc1ccc(NC(=O)Cn2nc3c4ccccc4nc(C(C)C)n3c2=O)cc1Cl. The van der Waals surface area contributed by atoms with Gasteiger partial charge in [-0.15, -0.1) is 5.10 Å². The predicted octanol–water partition coefficient (Wildman–Crippen LogP) is 3.47. The van der Waals surface area contributed by atoms with Crippen LogP contribution in [0.4, 0.5) is 5.69 Å². The summed E-state index contributed by atoms with van der Waals surface area (Å²) in [5.74, 6) is 0.710. The van der Waals surface area contributed by atoms with Gasteiger partial charge in [0.15, 0.2) is 5.65 Å². The highest BCUT2D eigenvalue weighted by molar-refractivity contribution is 6.32. The molecular weight excluding hydrogens is 406 g/mol. The van der Waals surface area contributed by atoms with Gasteiger partial charge >= 0.3 is 5.69 Å². The molecule has 2 aromatic carbocycles. The summed E-state index contributed by atoms with van der Waals surface area (Å²) in [6, 6.07) is 12.4. The largest absolute Gasteiger partial charge is 0.495 e. The van der Waals surface area contributed by atoms with Crippen LogP contribution in [0, 0.1) is 0 Å². The Balaban J connectivity index is 1.71. The van der Waals surface area contributed by atoms with Gasteiger partial charge in [-0.25, -0.2) is 18.9 Å². The van der Waals surface area contributed by atoms with E-state index in [1.807, 2.05) is 38.1 Å². The number of fused-ring (bicyclic) bond motifs is 3. The van der Waals surface area contributed by atoms with Gasteiger partial charge in [-0.05, 0) is 30.3 Å². The number of aromatic nitrogens is 4. The molecule has 0 fully saturated rings. The standard InChI is InChI=1S/C21H20ClN5O3/c1-12(2)19-24-16-7-5-4-6-14(16)20-25-26(21(29)27(19)20)11-18(28)23-13-8-9-17(30-3)15(22)10-13/h4-10,12H,11H2,1-3H3,(H,23,28). The summed E-state index contributed by atoms with van der Waals surface area (Å²) in [4.78, 5) is 30.2. The third-order valence-corrected chi connectivity index (χ3v) is 4.99. The topological polar surface area (TPSA) is 90.5 Å². The number of hydrogen-bond acceptors (Lipinski definition) is 5. The van der Waals surface area contributed by atoms with E-state index in [4.69, 9.17) is 16.3 Å². The fourth-order valence-corrected chi connectivity index (χ4v) is 3.55. The third kappa shape index (κ3) is 3.50. The lowest BCUT2D eigenvalue weighted by Crippen LogP contribution is -2.29. The molecule has 4 aromatic rings. The van der Waals surface area contributed by atoms with E-state index in [1.54, 1.807) is 18.2 Å². The molecule has 9 heteroatoms. The van der Waals surface area contributed by atoms with E-state index in [2.05, 4.69) is 15.4 Å². The Morgan fingerprint density at radius 3 is 2.70 bits per heavy atom. The number of amides is 1. The number of nitrogens with zero attached hydrogens (tertiary/aromatic N) is 4. The van der Waals surface area contributed by atoms with Crippen molar-refractivity contribution in [3.63, 3.8) is 0 Å². The van der Waals surface area contributed by atoms with Gasteiger partial charge in [0.1, 0.15) is 18.1 Å². The van der Waals surface area contributed by atoms with Gasteiger partial charge < -0.3 is 10.1 Å². The van der Waals surface area contributed by atoms with Crippen LogP contribution in [-0.4, -0.2) is 32.2 Å². The van der Waals surface area contributed by atoms with Gasteiger partial charge in [0.2, 0.25) is 5.91 Å². The second kappa shape index (κ2) is 7.79. The molecule has 0 saturated heterocycles. The Bertz CT molecular complexity index is 1330. The first-order chi connectivity index (χ1) is 14.4. The van der Waals surface area contributed by atoms with Gasteiger partial charge in [-0.3, -0.25) is 4.79 Å². The van der Waals surface area contributed by atoms with E-state index in [0.29, 0.717) is 27.9 Å². The van der Waals surface area contributed by atoms with Gasteiger partial charge in [0, 0.05) is 17.0 Å². The van der Waals surface area contributed by atoms with E-state index in [-0.39, 0.29) is 12.5 Å².